The lowest BCUT2D eigenvalue weighted by atomic mass is 10.1. The number of nitrogens with two attached hydrogens (primary N) is 1. The van der Waals surface area contributed by atoms with Crippen molar-refractivity contribution in [3.8, 4) is 17.2 Å². The van der Waals surface area contributed by atoms with E-state index in [1.165, 1.54) is 12.1 Å². The Labute approximate surface area is 97.0 Å². The quantitative estimate of drug-likeness (QED) is 0.221. The predicted octanol–water partition coefficient (Wildman–Crippen LogP) is 0.361. The van der Waals surface area contributed by atoms with Crippen LogP contribution < -0.4 is 11.2 Å². The van der Waals surface area contributed by atoms with Gasteiger partial charge < -0.3 is 21.1 Å². The van der Waals surface area contributed by atoms with Gasteiger partial charge in [-0.25, -0.2) is 0 Å². The van der Waals surface area contributed by atoms with Gasteiger partial charge in [0, 0.05) is 5.56 Å². The molecule has 86 valence electrons. The third-order valence-corrected chi connectivity index (χ3v) is 1.94. The number of hydrogen-bond acceptors (Lipinski definition) is 5. The van der Waals surface area contributed by atoms with Crippen LogP contribution in [-0.2, 0) is 0 Å². The largest absolute Gasteiger partial charge is 0.504 e. The van der Waals surface area contributed by atoms with Gasteiger partial charge in [-0.15, -0.1) is 0 Å². The van der Waals surface area contributed by atoms with Crippen LogP contribution >= 0.6 is 12.2 Å². The highest BCUT2D eigenvalue weighted by atomic mass is 32.1. The second kappa shape index (κ2) is 4.67. The molecule has 0 aliphatic heterocycles. The number of thiocarbonyl (C=S) groups is 1. The Kier molecular flexibility index (Phi) is 3.51. The third kappa shape index (κ3) is 2.51. The van der Waals surface area contributed by atoms with Crippen LogP contribution in [0.1, 0.15) is 12.5 Å². The number of nitrogens with zero attached hydrogens (tertiary/aromatic N) is 1. The molecule has 0 aliphatic rings. The summed E-state index contributed by atoms with van der Waals surface area (Å²) in [7, 11) is 0. The fourth-order valence-corrected chi connectivity index (χ4v) is 1.11. The van der Waals surface area contributed by atoms with E-state index < -0.39 is 17.2 Å². The summed E-state index contributed by atoms with van der Waals surface area (Å²) in [4.78, 5) is 0. The first-order valence-corrected chi connectivity index (χ1v) is 4.68. The molecule has 1 rings (SSSR count). The lowest BCUT2D eigenvalue weighted by Gasteiger charge is -2.07. The number of rotatable bonds is 2. The Morgan fingerprint density at radius 2 is 1.94 bits per heavy atom. The fraction of sp³-hybridized carbons (Fsp3) is 0.111. The molecule has 0 spiro atoms. The molecule has 0 aromatic heterocycles. The molecule has 6 nitrogen and oxygen atoms in total. The van der Waals surface area contributed by atoms with E-state index in [1.807, 2.05) is 0 Å². The van der Waals surface area contributed by atoms with Crippen LogP contribution in [0.3, 0.4) is 0 Å². The molecule has 0 saturated carbocycles. The molecule has 0 fully saturated rings. The zero-order valence-corrected chi connectivity index (χ0v) is 9.25. The summed E-state index contributed by atoms with van der Waals surface area (Å²) >= 11 is 4.55. The smallest absolute Gasteiger partial charge is 0.200 e. The van der Waals surface area contributed by atoms with Gasteiger partial charge in [0.2, 0.25) is 5.75 Å². The summed E-state index contributed by atoms with van der Waals surface area (Å²) in [6.07, 6.45) is 0. The molecule has 0 aliphatic carbocycles. The Balaban J connectivity index is 3.10. The third-order valence-electron chi connectivity index (χ3n) is 1.85. The van der Waals surface area contributed by atoms with Gasteiger partial charge in [-0.1, -0.05) is 0 Å². The molecular formula is C9H11N3O3S. The molecule has 16 heavy (non-hydrogen) atoms. The molecule has 0 unspecified atom stereocenters. The van der Waals surface area contributed by atoms with Crippen LogP contribution in [-0.4, -0.2) is 26.1 Å². The van der Waals surface area contributed by atoms with Gasteiger partial charge in [0.15, 0.2) is 16.6 Å². The van der Waals surface area contributed by atoms with Crippen LogP contribution in [0.25, 0.3) is 0 Å². The molecule has 0 saturated heterocycles. The highest BCUT2D eigenvalue weighted by Crippen LogP contribution is 2.37. The Morgan fingerprint density at radius 1 is 1.31 bits per heavy atom. The minimum atomic E-state index is -0.595. The van der Waals surface area contributed by atoms with Crippen molar-refractivity contribution in [3.05, 3.63) is 17.7 Å². The second-order valence-corrected chi connectivity index (χ2v) is 3.44. The number of phenols is 3. The van der Waals surface area contributed by atoms with Crippen LogP contribution in [0.5, 0.6) is 17.2 Å². The summed E-state index contributed by atoms with van der Waals surface area (Å²) in [5.74, 6) is -1.45. The lowest BCUT2D eigenvalue weighted by molar-refractivity contribution is 0.367. The number of benzene rings is 1. The lowest BCUT2D eigenvalue weighted by Crippen LogP contribution is -2.25. The topological polar surface area (TPSA) is 111 Å². The number of nitrogens with one attached hydrogen (secondary N) is 1. The van der Waals surface area contributed by atoms with Crippen LogP contribution in [0.4, 0.5) is 0 Å². The first-order valence-electron chi connectivity index (χ1n) is 4.27. The monoisotopic (exact) mass is 241 g/mol. The number of hydrazone groups is 1. The van der Waals surface area contributed by atoms with E-state index in [4.69, 9.17) is 10.8 Å². The van der Waals surface area contributed by atoms with Crippen molar-refractivity contribution in [3.63, 3.8) is 0 Å². The fourth-order valence-electron chi connectivity index (χ4n) is 1.06. The van der Waals surface area contributed by atoms with Crippen molar-refractivity contribution in [2.24, 2.45) is 10.8 Å². The van der Waals surface area contributed by atoms with Gasteiger partial charge in [0.05, 0.1) is 5.71 Å². The van der Waals surface area contributed by atoms with Gasteiger partial charge in [0.25, 0.3) is 0 Å². The summed E-state index contributed by atoms with van der Waals surface area (Å²) in [6.45, 7) is 1.58. The van der Waals surface area contributed by atoms with E-state index in [-0.39, 0.29) is 10.7 Å². The van der Waals surface area contributed by atoms with Crippen molar-refractivity contribution < 1.29 is 15.3 Å². The van der Waals surface area contributed by atoms with E-state index in [1.54, 1.807) is 6.92 Å². The molecular weight excluding hydrogens is 230 g/mol. The Bertz CT molecular complexity index is 460. The van der Waals surface area contributed by atoms with Crippen molar-refractivity contribution in [1.82, 2.24) is 5.43 Å². The molecule has 0 atom stereocenters. The second-order valence-electron chi connectivity index (χ2n) is 3.00. The van der Waals surface area contributed by atoms with E-state index >= 15 is 0 Å². The van der Waals surface area contributed by atoms with Gasteiger partial charge in [-0.3, -0.25) is 5.43 Å². The van der Waals surface area contributed by atoms with Crippen LogP contribution in [0.2, 0.25) is 0 Å². The maximum Gasteiger partial charge on any atom is 0.200 e. The van der Waals surface area contributed by atoms with Crippen LogP contribution in [0.15, 0.2) is 17.2 Å². The van der Waals surface area contributed by atoms with Crippen molar-refractivity contribution in [2.45, 2.75) is 6.92 Å². The average molecular weight is 241 g/mol. The summed E-state index contributed by atoms with van der Waals surface area (Å²) in [6, 6.07) is 2.65. The molecule has 0 radical (unpaired) electrons. The maximum atomic E-state index is 9.53. The van der Waals surface area contributed by atoms with Crippen molar-refractivity contribution in [2.75, 3.05) is 0 Å². The molecule has 0 amide bonds. The summed E-state index contributed by atoms with van der Waals surface area (Å²) < 4.78 is 0. The van der Waals surface area contributed by atoms with Crippen molar-refractivity contribution in [1.29, 1.82) is 0 Å². The highest BCUT2D eigenvalue weighted by molar-refractivity contribution is 7.80. The van der Waals surface area contributed by atoms with E-state index in [2.05, 4.69) is 22.7 Å². The average Bonchev–Trinajstić information content (AvgIpc) is 2.23. The predicted molar refractivity (Wildman–Crippen MR) is 63.6 cm³/mol. The van der Waals surface area contributed by atoms with Gasteiger partial charge in [-0.05, 0) is 31.3 Å². The van der Waals surface area contributed by atoms with E-state index in [9.17, 15) is 10.2 Å². The molecule has 1 aromatic carbocycles. The van der Waals surface area contributed by atoms with E-state index in [0.717, 1.165) is 0 Å². The maximum absolute atomic E-state index is 9.53. The summed E-state index contributed by atoms with van der Waals surface area (Å²) in [5, 5.41) is 31.7. The minimum absolute atomic E-state index is 0.0122. The zero-order chi connectivity index (χ0) is 12.3. The normalized spacial score (nSPS) is 11.2. The van der Waals surface area contributed by atoms with Gasteiger partial charge >= 0.3 is 0 Å². The first kappa shape index (κ1) is 12.1. The number of hydrogen-bond donors (Lipinski definition) is 5. The molecule has 6 N–H and O–H groups in total. The standard InChI is InChI=1S/C9H11N3O3S/c1-4(11-12-9(10)16)5-2-3-6(13)8(15)7(5)14/h2-3,13-15H,1H3,(H3,10,12,16)/b11-4+. The molecule has 0 bridgehead atoms. The Hall–Kier alpha value is -2.02. The number of phenolic OH excluding ortho intramolecular Hbond substituents is 3. The highest BCUT2D eigenvalue weighted by Gasteiger charge is 2.12. The van der Waals surface area contributed by atoms with E-state index in [0.29, 0.717) is 5.71 Å². The zero-order valence-electron chi connectivity index (χ0n) is 8.43. The van der Waals surface area contributed by atoms with Crippen LogP contribution in [0, 0.1) is 0 Å². The SMILES string of the molecule is C/C(=N\NC(N)=S)c1ccc(O)c(O)c1O. The Morgan fingerprint density at radius 3 is 2.50 bits per heavy atom. The molecule has 7 heteroatoms. The first-order chi connectivity index (χ1) is 7.43. The minimum Gasteiger partial charge on any atom is -0.504 e. The van der Waals surface area contributed by atoms with Gasteiger partial charge in [-0.2, -0.15) is 5.10 Å². The molecule has 1 aromatic rings. The summed E-state index contributed by atoms with van der Waals surface area (Å²) in [5.41, 5.74) is 8.14. The van der Waals surface area contributed by atoms with Gasteiger partial charge in [0.1, 0.15) is 0 Å². The van der Waals surface area contributed by atoms with Crippen molar-refractivity contribution >= 4 is 23.0 Å². The number of aromatic hydroxyl groups is 3. The molecule has 0 heterocycles.